The van der Waals surface area contributed by atoms with Crippen LogP contribution in [0, 0.1) is 5.92 Å². The van der Waals surface area contributed by atoms with E-state index < -0.39 is 0 Å². The minimum Gasteiger partial charge on any atom is -0.371 e. The number of aryl methyl sites for hydroxylation is 1. The fourth-order valence-electron chi connectivity index (χ4n) is 4.40. The summed E-state index contributed by atoms with van der Waals surface area (Å²) in [5, 5.41) is 2.97. The van der Waals surface area contributed by atoms with Gasteiger partial charge in [0.05, 0.1) is 19.7 Å². The highest BCUT2D eigenvalue weighted by Crippen LogP contribution is 2.39. The smallest absolute Gasteiger partial charge is 0.222 e. The molecule has 3 heterocycles. The first-order valence-corrected chi connectivity index (χ1v) is 10.7. The molecular formula is C24H29N3O3. The van der Waals surface area contributed by atoms with Gasteiger partial charge in [-0.25, -0.2) is 0 Å². The fourth-order valence-corrected chi connectivity index (χ4v) is 4.40. The summed E-state index contributed by atoms with van der Waals surface area (Å²) in [5.74, 6) is 0.474. The quantitative estimate of drug-likeness (QED) is 0.730. The summed E-state index contributed by atoms with van der Waals surface area (Å²) < 4.78 is 6.02. The third kappa shape index (κ3) is 5.25. The number of aromatic nitrogens is 1. The summed E-state index contributed by atoms with van der Waals surface area (Å²) in [6, 6.07) is 14.1. The van der Waals surface area contributed by atoms with Gasteiger partial charge in [-0.1, -0.05) is 30.3 Å². The number of carbonyl (C=O) groups excluding carboxylic acids is 2. The van der Waals surface area contributed by atoms with Crippen molar-refractivity contribution in [1.82, 2.24) is 15.2 Å². The molecule has 1 spiro atoms. The van der Waals surface area contributed by atoms with E-state index in [0.717, 1.165) is 24.8 Å². The summed E-state index contributed by atoms with van der Waals surface area (Å²) in [7, 11) is 0. The molecule has 2 saturated heterocycles. The standard InChI is InChI=1S/C24H29N3O3/c28-22(26-15-20-9-11-25-12-10-20)13-21-14-24(30-16-21)17-27(18-24)23(29)8-4-7-19-5-2-1-3-6-19/h1-3,5-6,9-12,21H,4,7-8,13-18H2,(H,26,28). The lowest BCUT2D eigenvalue weighted by Crippen LogP contribution is -2.63. The normalized spacial score (nSPS) is 19.5. The van der Waals surface area contributed by atoms with Crippen molar-refractivity contribution in [2.45, 2.75) is 44.2 Å². The largest absolute Gasteiger partial charge is 0.371 e. The Morgan fingerprint density at radius 3 is 2.63 bits per heavy atom. The molecule has 1 unspecified atom stereocenters. The van der Waals surface area contributed by atoms with Gasteiger partial charge in [-0.2, -0.15) is 0 Å². The van der Waals surface area contributed by atoms with Gasteiger partial charge in [0, 0.05) is 31.8 Å². The van der Waals surface area contributed by atoms with Crippen LogP contribution in [0.15, 0.2) is 54.9 Å². The molecule has 30 heavy (non-hydrogen) atoms. The maximum Gasteiger partial charge on any atom is 0.222 e. The molecule has 4 rings (SSSR count). The third-order valence-electron chi connectivity index (χ3n) is 6.01. The molecule has 1 aromatic carbocycles. The van der Waals surface area contributed by atoms with Crippen LogP contribution < -0.4 is 5.32 Å². The number of ether oxygens (including phenoxy) is 1. The molecule has 0 bridgehead atoms. The van der Waals surface area contributed by atoms with Crippen LogP contribution in [0.4, 0.5) is 0 Å². The lowest BCUT2D eigenvalue weighted by molar-refractivity contribution is -0.157. The SMILES string of the molecule is O=C(CC1COC2(C1)CN(C(=O)CCCc1ccccc1)C2)NCc1ccncc1. The molecule has 1 aromatic heterocycles. The van der Waals surface area contributed by atoms with Gasteiger partial charge in [0.1, 0.15) is 5.60 Å². The first kappa shape index (κ1) is 20.5. The van der Waals surface area contributed by atoms with Crippen LogP contribution in [-0.2, 0) is 27.3 Å². The first-order valence-electron chi connectivity index (χ1n) is 10.7. The molecule has 2 amide bonds. The van der Waals surface area contributed by atoms with Crippen molar-refractivity contribution in [2.75, 3.05) is 19.7 Å². The Morgan fingerprint density at radius 2 is 1.87 bits per heavy atom. The highest BCUT2D eigenvalue weighted by Gasteiger charge is 2.51. The van der Waals surface area contributed by atoms with Gasteiger partial charge in [0.25, 0.3) is 0 Å². The second-order valence-electron chi connectivity index (χ2n) is 8.49. The van der Waals surface area contributed by atoms with Gasteiger partial charge in [-0.05, 0) is 48.4 Å². The summed E-state index contributed by atoms with van der Waals surface area (Å²) in [6.45, 7) is 2.43. The van der Waals surface area contributed by atoms with Crippen molar-refractivity contribution >= 4 is 11.8 Å². The van der Waals surface area contributed by atoms with E-state index >= 15 is 0 Å². The second kappa shape index (κ2) is 9.39. The third-order valence-corrected chi connectivity index (χ3v) is 6.01. The lowest BCUT2D eigenvalue weighted by atomic mass is 9.85. The van der Waals surface area contributed by atoms with E-state index in [1.807, 2.05) is 35.2 Å². The van der Waals surface area contributed by atoms with Crippen molar-refractivity contribution < 1.29 is 14.3 Å². The van der Waals surface area contributed by atoms with Crippen molar-refractivity contribution in [1.29, 1.82) is 0 Å². The van der Waals surface area contributed by atoms with E-state index in [9.17, 15) is 9.59 Å². The second-order valence-corrected chi connectivity index (χ2v) is 8.49. The fraction of sp³-hybridized carbons (Fsp3) is 0.458. The summed E-state index contributed by atoms with van der Waals surface area (Å²) in [6.07, 6.45) is 7.14. The van der Waals surface area contributed by atoms with Crippen LogP contribution >= 0.6 is 0 Å². The highest BCUT2D eigenvalue weighted by atomic mass is 16.5. The van der Waals surface area contributed by atoms with Crippen LogP contribution in [0.1, 0.15) is 36.8 Å². The zero-order valence-electron chi connectivity index (χ0n) is 17.3. The van der Waals surface area contributed by atoms with E-state index in [4.69, 9.17) is 4.74 Å². The number of carbonyl (C=O) groups is 2. The van der Waals surface area contributed by atoms with E-state index in [2.05, 4.69) is 22.4 Å². The Kier molecular flexibility index (Phi) is 6.43. The number of likely N-dealkylation sites (tertiary alicyclic amines) is 1. The van der Waals surface area contributed by atoms with E-state index in [1.54, 1.807) is 12.4 Å². The molecule has 1 atom stereocenters. The zero-order chi connectivity index (χ0) is 20.8. The van der Waals surface area contributed by atoms with Gasteiger partial charge >= 0.3 is 0 Å². The van der Waals surface area contributed by atoms with E-state index in [0.29, 0.717) is 39.1 Å². The Bertz CT molecular complexity index is 851. The maximum absolute atomic E-state index is 12.4. The number of nitrogens with zero attached hydrogens (tertiary/aromatic N) is 2. The number of nitrogens with one attached hydrogen (secondary N) is 1. The van der Waals surface area contributed by atoms with Gasteiger partial charge in [0.15, 0.2) is 0 Å². The topological polar surface area (TPSA) is 71.5 Å². The number of benzene rings is 1. The highest BCUT2D eigenvalue weighted by molar-refractivity contribution is 5.78. The van der Waals surface area contributed by atoms with Crippen LogP contribution in [0.25, 0.3) is 0 Å². The minimum absolute atomic E-state index is 0.0469. The molecule has 0 aliphatic carbocycles. The number of pyridine rings is 1. The molecular weight excluding hydrogens is 378 g/mol. The average Bonchev–Trinajstić information content (AvgIpc) is 3.17. The molecule has 2 aliphatic rings. The number of rotatable bonds is 8. The molecule has 1 N–H and O–H groups in total. The monoisotopic (exact) mass is 407 g/mol. The van der Waals surface area contributed by atoms with Crippen LogP contribution in [0.2, 0.25) is 0 Å². The molecule has 0 radical (unpaired) electrons. The van der Waals surface area contributed by atoms with Crippen molar-refractivity contribution in [2.24, 2.45) is 5.92 Å². The molecule has 2 aliphatic heterocycles. The number of hydrogen-bond donors (Lipinski definition) is 1. The number of amides is 2. The van der Waals surface area contributed by atoms with Gasteiger partial charge in [0.2, 0.25) is 11.8 Å². The van der Waals surface area contributed by atoms with E-state index in [1.165, 1.54) is 5.56 Å². The van der Waals surface area contributed by atoms with Crippen LogP contribution in [-0.4, -0.2) is 47.0 Å². The van der Waals surface area contributed by atoms with Gasteiger partial charge in [-0.15, -0.1) is 0 Å². The molecule has 158 valence electrons. The summed E-state index contributed by atoms with van der Waals surface area (Å²) in [5.41, 5.74) is 2.08. The van der Waals surface area contributed by atoms with Crippen molar-refractivity contribution in [3.8, 4) is 0 Å². The summed E-state index contributed by atoms with van der Waals surface area (Å²) in [4.78, 5) is 30.6. The van der Waals surface area contributed by atoms with Gasteiger partial charge < -0.3 is 15.0 Å². The zero-order valence-corrected chi connectivity index (χ0v) is 17.3. The molecule has 2 fully saturated rings. The molecule has 0 saturated carbocycles. The van der Waals surface area contributed by atoms with Crippen LogP contribution in [0.3, 0.4) is 0 Å². The Balaban J connectivity index is 1.14. The molecule has 6 heteroatoms. The molecule has 2 aromatic rings. The van der Waals surface area contributed by atoms with Crippen molar-refractivity contribution in [3.63, 3.8) is 0 Å². The lowest BCUT2D eigenvalue weighted by Gasteiger charge is -2.47. The predicted octanol–water partition coefficient (Wildman–Crippen LogP) is 2.73. The molecule has 6 nitrogen and oxygen atoms in total. The van der Waals surface area contributed by atoms with Crippen LogP contribution in [0.5, 0.6) is 0 Å². The minimum atomic E-state index is -0.231. The Hall–Kier alpha value is -2.73. The van der Waals surface area contributed by atoms with E-state index in [-0.39, 0.29) is 23.3 Å². The first-order chi connectivity index (χ1) is 14.6. The van der Waals surface area contributed by atoms with Gasteiger partial charge in [-0.3, -0.25) is 14.6 Å². The summed E-state index contributed by atoms with van der Waals surface area (Å²) >= 11 is 0. The number of hydrogen-bond acceptors (Lipinski definition) is 4. The average molecular weight is 408 g/mol. The Labute approximate surface area is 177 Å². The van der Waals surface area contributed by atoms with Crippen molar-refractivity contribution in [3.05, 3.63) is 66.0 Å². The maximum atomic E-state index is 12.4. The predicted molar refractivity (Wildman–Crippen MR) is 113 cm³/mol. The Morgan fingerprint density at radius 1 is 1.10 bits per heavy atom.